The summed E-state index contributed by atoms with van der Waals surface area (Å²) in [4.78, 5) is 30.3. The number of carbonyl (C=O) groups is 2. The van der Waals surface area contributed by atoms with E-state index in [4.69, 9.17) is 4.74 Å². The Hall–Kier alpha value is -2.93. The van der Waals surface area contributed by atoms with Crippen LogP contribution in [0.5, 0.6) is 0 Å². The number of rotatable bonds is 5. The van der Waals surface area contributed by atoms with Gasteiger partial charge >= 0.3 is 6.03 Å². The van der Waals surface area contributed by atoms with Crippen molar-refractivity contribution in [2.75, 3.05) is 11.9 Å². The number of nitrogens with zero attached hydrogens (tertiary/aromatic N) is 2. The number of urea groups is 1. The summed E-state index contributed by atoms with van der Waals surface area (Å²) in [7, 11) is 0. The van der Waals surface area contributed by atoms with Crippen molar-refractivity contribution < 1.29 is 14.3 Å². The summed E-state index contributed by atoms with van der Waals surface area (Å²) in [5.74, 6) is 0.0420. The second-order valence-electron chi connectivity index (χ2n) is 6.95. The normalized spacial score (nSPS) is 18.1. The van der Waals surface area contributed by atoms with Crippen LogP contribution in [0.3, 0.4) is 0 Å². The molecular formula is C20H22N4O3. The Kier molecular flexibility index (Phi) is 5.02. The molecule has 7 nitrogen and oxygen atoms in total. The number of benzene rings is 1. The summed E-state index contributed by atoms with van der Waals surface area (Å²) in [6.07, 6.45) is 4.71. The number of hydrogen-bond donors (Lipinski definition) is 2. The number of hydrogen-bond acceptors (Lipinski definition) is 4. The highest BCUT2D eigenvalue weighted by Crippen LogP contribution is 2.23. The standard InChI is InChI=1S/C20H22N4O3/c25-19-6-5-18(22-19)11-24(10-14-2-1-7-21-9-14)20(26)23-17-4-3-15-12-27-13-16(15)8-17/h1-4,7-9,18H,5-6,10-13H2,(H,22,25)(H,23,26). The molecule has 0 saturated carbocycles. The van der Waals surface area contributed by atoms with Gasteiger partial charge in [-0.15, -0.1) is 0 Å². The van der Waals surface area contributed by atoms with Gasteiger partial charge in [0.15, 0.2) is 0 Å². The van der Waals surface area contributed by atoms with Crippen LogP contribution in [0.25, 0.3) is 0 Å². The van der Waals surface area contributed by atoms with Gasteiger partial charge in [-0.05, 0) is 41.3 Å². The quantitative estimate of drug-likeness (QED) is 0.851. The molecule has 140 valence electrons. The van der Waals surface area contributed by atoms with Crippen LogP contribution < -0.4 is 10.6 Å². The van der Waals surface area contributed by atoms with Gasteiger partial charge in [0, 0.05) is 43.6 Å². The molecular weight excluding hydrogens is 344 g/mol. The number of nitrogens with one attached hydrogen (secondary N) is 2. The minimum atomic E-state index is -0.195. The van der Waals surface area contributed by atoms with Gasteiger partial charge in [0.2, 0.25) is 5.91 Å². The van der Waals surface area contributed by atoms with E-state index in [0.29, 0.717) is 32.7 Å². The first-order valence-corrected chi connectivity index (χ1v) is 9.11. The Bertz CT molecular complexity index is 840. The minimum Gasteiger partial charge on any atom is -0.372 e. The molecule has 27 heavy (non-hydrogen) atoms. The molecule has 3 heterocycles. The highest BCUT2D eigenvalue weighted by molar-refractivity contribution is 5.89. The Morgan fingerprint density at radius 2 is 2.19 bits per heavy atom. The topological polar surface area (TPSA) is 83.6 Å². The molecule has 1 unspecified atom stereocenters. The molecule has 1 atom stereocenters. The predicted octanol–water partition coefficient (Wildman–Crippen LogP) is 2.42. The van der Waals surface area contributed by atoms with Crippen molar-refractivity contribution in [2.24, 2.45) is 0 Å². The lowest BCUT2D eigenvalue weighted by atomic mass is 10.1. The van der Waals surface area contributed by atoms with Crippen LogP contribution in [-0.2, 0) is 29.3 Å². The van der Waals surface area contributed by atoms with E-state index in [1.165, 1.54) is 0 Å². The van der Waals surface area contributed by atoms with Crippen LogP contribution in [0.1, 0.15) is 29.5 Å². The van der Waals surface area contributed by atoms with Crippen LogP contribution >= 0.6 is 0 Å². The molecule has 2 aliphatic rings. The SMILES string of the molecule is O=C1CCC(CN(Cc2cccnc2)C(=O)Nc2ccc3c(c2)COC3)N1. The summed E-state index contributed by atoms with van der Waals surface area (Å²) in [6, 6.07) is 9.41. The molecule has 0 radical (unpaired) electrons. The van der Waals surface area contributed by atoms with E-state index in [1.54, 1.807) is 17.3 Å². The van der Waals surface area contributed by atoms with Crippen molar-refractivity contribution in [3.8, 4) is 0 Å². The minimum absolute atomic E-state index is 0.0201. The Labute approximate surface area is 157 Å². The number of aromatic nitrogens is 1. The van der Waals surface area contributed by atoms with E-state index < -0.39 is 0 Å². The van der Waals surface area contributed by atoms with E-state index in [2.05, 4.69) is 15.6 Å². The summed E-state index contributed by atoms with van der Waals surface area (Å²) in [5.41, 5.74) is 3.96. The van der Waals surface area contributed by atoms with E-state index in [-0.39, 0.29) is 18.0 Å². The van der Waals surface area contributed by atoms with E-state index in [0.717, 1.165) is 28.8 Å². The first kappa shape index (κ1) is 17.5. The highest BCUT2D eigenvalue weighted by Gasteiger charge is 2.26. The van der Waals surface area contributed by atoms with Gasteiger partial charge < -0.3 is 20.3 Å². The van der Waals surface area contributed by atoms with Gasteiger partial charge in [0.05, 0.1) is 13.2 Å². The molecule has 0 aliphatic carbocycles. The second kappa shape index (κ2) is 7.75. The van der Waals surface area contributed by atoms with Gasteiger partial charge in [0.25, 0.3) is 0 Å². The second-order valence-corrected chi connectivity index (χ2v) is 6.95. The molecule has 1 fully saturated rings. The number of anilines is 1. The van der Waals surface area contributed by atoms with Crippen molar-refractivity contribution in [1.82, 2.24) is 15.2 Å². The molecule has 2 aliphatic heterocycles. The molecule has 2 N–H and O–H groups in total. The molecule has 4 rings (SSSR count). The van der Waals surface area contributed by atoms with Crippen molar-refractivity contribution in [3.05, 3.63) is 59.4 Å². The lowest BCUT2D eigenvalue weighted by molar-refractivity contribution is -0.119. The van der Waals surface area contributed by atoms with Gasteiger partial charge in [0.1, 0.15) is 0 Å². The summed E-state index contributed by atoms with van der Waals surface area (Å²) < 4.78 is 5.43. The summed E-state index contributed by atoms with van der Waals surface area (Å²) in [6.45, 7) is 2.09. The van der Waals surface area contributed by atoms with Crippen molar-refractivity contribution in [1.29, 1.82) is 0 Å². The maximum Gasteiger partial charge on any atom is 0.322 e. The van der Waals surface area contributed by atoms with Crippen LogP contribution in [0.4, 0.5) is 10.5 Å². The molecule has 0 bridgehead atoms. The zero-order valence-corrected chi connectivity index (χ0v) is 15.0. The predicted molar refractivity (Wildman–Crippen MR) is 99.8 cm³/mol. The van der Waals surface area contributed by atoms with Crippen LogP contribution in [0.15, 0.2) is 42.7 Å². The lowest BCUT2D eigenvalue weighted by Gasteiger charge is -2.26. The third-order valence-corrected chi connectivity index (χ3v) is 4.88. The number of ether oxygens (including phenoxy) is 1. The fourth-order valence-electron chi connectivity index (χ4n) is 3.46. The smallest absolute Gasteiger partial charge is 0.322 e. The van der Waals surface area contributed by atoms with Gasteiger partial charge in [-0.3, -0.25) is 9.78 Å². The molecule has 0 spiro atoms. The fraction of sp³-hybridized carbons (Fsp3) is 0.350. The average molecular weight is 366 g/mol. The van der Waals surface area contributed by atoms with Crippen molar-refractivity contribution in [3.63, 3.8) is 0 Å². The maximum atomic E-state index is 12.9. The Balaban J connectivity index is 1.48. The average Bonchev–Trinajstić information content (AvgIpc) is 3.30. The Morgan fingerprint density at radius 3 is 2.96 bits per heavy atom. The largest absolute Gasteiger partial charge is 0.372 e. The fourth-order valence-corrected chi connectivity index (χ4v) is 3.46. The van der Waals surface area contributed by atoms with E-state index in [9.17, 15) is 9.59 Å². The van der Waals surface area contributed by atoms with Crippen LogP contribution in [-0.4, -0.2) is 34.4 Å². The summed E-state index contributed by atoms with van der Waals surface area (Å²) >= 11 is 0. The molecule has 1 saturated heterocycles. The number of amides is 3. The molecule has 2 aromatic rings. The zero-order chi connectivity index (χ0) is 18.6. The van der Waals surface area contributed by atoms with E-state index >= 15 is 0 Å². The molecule has 3 amide bonds. The first-order chi connectivity index (χ1) is 13.2. The summed E-state index contributed by atoms with van der Waals surface area (Å²) in [5, 5.41) is 5.91. The van der Waals surface area contributed by atoms with Crippen molar-refractivity contribution in [2.45, 2.75) is 38.6 Å². The molecule has 7 heteroatoms. The van der Waals surface area contributed by atoms with E-state index in [1.807, 2.05) is 30.3 Å². The highest BCUT2D eigenvalue weighted by atomic mass is 16.5. The third-order valence-electron chi connectivity index (χ3n) is 4.88. The zero-order valence-electron chi connectivity index (χ0n) is 15.0. The monoisotopic (exact) mass is 366 g/mol. The molecule has 1 aromatic carbocycles. The number of pyridine rings is 1. The van der Waals surface area contributed by atoms with Gasteiger partial charge in [-0.2, -0.15) is 0 Å². The maximum absolute atomic E-state index is 12.9. The van der Waals surface area contributed by atoms with Crippen LogP contribution in [0.2, 0.25) is 0 Å². The van der Waals surface area contributed by atoms with Crippen molar-refractivity contribution >= 4 is 17.6 Å². The molecule has 1 aromatic heterocycles. The lowest BCUT2D eigenvalue weighted by Crippen LogP contribution is -2.43. The number of fused-ring (bicyclic) bond motifs is 1. The Morgan fingerprint density at radius 1 is 1.30 bits per heavy atom. The van der Waals surface area contributed by atoms with Crippen LogP contribution in [0, 0.1) is 0 Å². The first-order valence-electron chi connectivity index (χ1n) is 9.11. The van der Waals surface area contributed by atoms with Gasteiger partial charge in [-0.1, -0.05) is 12.1 Å². The number of carbonyl (C=O) groups excluding carboxylic acids is 2. The van der Waals surface area contributed by atoms with Gasteiger partial charge in [-0.25, -0.2) is 4.79 Å². The third kappa shape index (κ3) is 4.25.